The normalized spacial score (nSPS) is 15.9. The first-order chi connectivity index (χ1) is 41.2. The number of carbonyl (C=O) groups excluding carboxylic acids is 9. The number of rotatable bonds is 41. The first-order valence-electron chi connectivity index (χ1n) is 28.6. The van der Waals surface area contributed by atoms with Gasteiger partial charge in [0.1, 0.15) is 66.2 Å². The lowest BCUT2D eigenvalue weighted by Gasteiger charge is -2.31. The number of phenolic OH excluding ortho intramolecular Hbond substituents is 1. The zero-order valence-corrected chi connectivity index (χ0v) is 49.1. The van der Waals surface area contributed by atoms with Crippen LogP contribution in [0, 0.1) is 5.92 Å². The summed E-state index contributed by atoms with van der Waals surface area (Å²) >= 11 is 0. The monoisotopic (exact) mass is 1230 g/mol. The summed E-state index contributed by atoms with van der Waals surface area (Å²) in [4.78, 5) is 158. The predicted molar refractivity (Wildman–Crippen MR) is 314 cm³/mol. The molecule has 87 heavy (non-hydrogen) atoms. The number of carboxylic acids is 2. The summed E-state index contributed by atoms with van der Waals surface area (Å²) in [6, 6.07) is -9.13. The Morgan fingerprint density at radius 2 is 1.01 bits per heavy atom. The van der Waals surface area contributed by atoms with E-state index in [1.807, 2.05) is 0 Å². The van der Waals surface area contributed by atoms with Gasteiger partial charge in [0.2, 0.25) is 53.2 Å². The lowest BCUT2D eigenvalue weighted by molar-refractivity contribution is -0.144. The maximum Gasteiger partial charge on any atom is 0.326 e. The number of nitrogens with two attached hydrogens (primary N) is 7. The van der Waals surface area contributed by atoms with Gasteiger partial charge in [0.25, 0.3) is 0 Å². The van der Waals surface area contributed by atoms with Crippen molar-refractivity contribution in [2.24, 2.45) is 56.0 Å². The minimum Gasteiger partial charge on any atom is -0.508 e. The lowest BCUT2D eigenvalue weighted by atomic mass is 9.99. The second-order valence-corrected chi connectivity index (χ2v) is 21.1. The van der Waals surface area contributed by atoms with Gasteiger partial charge in [0.05, 0.1) is 19.6 Å². The van der Waals surface area contributed by atoms with Crippen molar-refractivity contribution in [3.63, 3.8) is 0 Å². The molecule has 1 saturated heterocycles. The van der Waals surface area contributed by atoms with Crippen LogP contribution in [0.25, 0.3) is 0 Å². The van der Waals surface area contributed by atoms with Gasteiger partial charge in [-0.15, -0.1) is 0 Å². The zero-order valence-electron chi connectivity index (χ0n) is 49.1. The standard InChI is InChI=1S/C53H90N18O16/c1-28(2)41(49(84)68-37(24-29-15-17-30(74)18-16-29)50(85)71-23-9-14-39(71)48(83)69-38(27-73)47(82)66-35(51(86)87)13-8-22-62-53(59)60)70-45(80)33(11-4-6-20-55)63-44(79)34(12-7-21-61-52(57)58)64-43(78)32(10-3-5-19-54)65-46(81)36(25-40(75)76)67-42(77)31(56)26-72/h15-18,28,31-39,41,72-74H,3-14,19-27,54-56H2,1-2H3,(H,63,79)(H,64,78)(H,65,81)(H,66,82)(H,67,77)(H,68,84)(H,69,83)(H,70,80)(H,75,76)(H,86,87)(H4,57,58,61)(H4,59,60,62)/t31-,32-,33-,34-,35-,36-,37-,38-,39-,41-/m0/s1. The van der Waals surface area contributed by atoms with Gasteiger partial charge in [0, 0.05) is 26.1 Å². The number of likely N-dealkylation sites (tertiary alicyclic amines) is 1. The van der Waals surface area contributed by atoms with Gasteiger partial charge in [0.15, 0.2) is 11.9 Å². The van der Waals surface area contributed by atoms with Crippen molar-refractivity contribution in [3.8, 4) is 5.75 Å². The van der Waals surface area contributed by atoms with Crippen molar-refractivity contribution >= 4 is 77.0 Å². The van der Waals surface area contributed by atoms with Gasteiger partial charge in [-0.3, -0.25) is 57.9 Å². The van der Waals surface area contributed by atoms with Crippen molar-refractivity contribution in [2.45, 2.75) is 164 Å². The van der Waals surface area contributed by atoms with Crippen LogP contribution in [0.3, 0.4) is 0 Å². The smallest absolute Gasteiger partial charge is 0.326 e. The Morgan fingerprint density at radius 1 is 0.563 bits per heavy atom. The summed E-state index contributed by atoms with van der Waals surface area (Å²) < 4.78 is 0. The predicted octanol–water partition coefficient (Wildman–Crippen LogP) is -7.30. The molecule has 34 heteroatoms. The van der Waals surface area contributed by atoms with Crippen LogP contribution >= 0.6 is 0 Å². The number of hydrogen-bond acceptors (Lipinski definition) is 19. The number of nitrogens with zero attached hydrogens (tertiary/aromatic N) is 3. The van der Waals surface area contributed by atoms with Crippen LogP contribution in [0.2, 0.25) is 0 Å². The molecule has 1 aromatic carbocycles. The summed E-state index contributed by atoms with van der Waals surface area (Å²) in [6.45, 7) is 1.80. The molecule has 1 fully saturated rings. The molecule has 2 rings (SSSR count). The molecule has 1 aliphatic rings. The average molecular weight is 1240 g/mol. The van der Waals surface area contributed by atoms with Crippen molar-refractivity contribution in [2.75, 3.05) is 45.9 Å². The number of aliphatic imine (C=N–C) groups is 2. The third kappa shape index (κ3) is 27.2. The van der Waals surface area contributed by atoms with Gasteiger partial charge in [-0.05, 0) is 114 Å². The fraction of sp³-hybridized carbons (Fsp3) is 0.642. The summed E-state index contributed by atoms with van der Waals surface area (Å²) in [7, 11) is 0. The molecule has 34 nitrogen and oxygen atoms in total. The molecule has 0 aliphatic carbocycles. The molecule has 9 amide bonds. The molecule has 1 aliphatic heterocycles. The van der Waals surface area contributed by atoms with Crippen molar-refractivity contribution < 1.29 is 78.3 Å². The van der Waals surface area contributed by atoms with Crippen LogP contribution in [0.15, 0.2) is 34.3 Å². The third-order valence-corrected chi connectivity index (χ3v) is 13.7. The third-order valence-electron chi connectivity index (χ3n) is 13.7. The Labute approximate surface area is 503 Å². The van der Waals surface area contributed by atoms with Crippen molar-refractivity contribution in [1.82, 2.24) is 47.4 Å². The molecule has 0 saturated carbocycles. The Balaban J connectivity index is 2.50. The van der Waals surface area contributed by atoms with E-state index in [1.54, 1.807) is 13.8 Å². The summed E-state index contributed by atoms with van der Waals surface area (Å²) in [6.07, 6.45) is 0.283. The van der Waals surface area contributed by atoms with Crippen LogP contribution in [0.4, 0.5) is 0 Å². The molecule has 1 heterocycles. The van der Waals surface area contributed by atoms with Crippen LogP contribution < -0.4 is 82.7 Å². The zero-order chi connectivity index (χ0) is 65.3. The minimum atomic E-state index is -1.76. The Hall–Kier alpha value is -8.47. The van der Waals surface area contributed by atoms with Crippen molar-refractivity contribution in [3.05, 3.63) is 29.8 Å². The number of nitrogens with one attached hydrogen (secondary N) is 8. The Morgan fingerprint density at radius 3 is 1.47 bits per heavy atom. The van der Waals surface area contributed by atoms with Crippen LogP contribution in [0.1, 0.15) is 103 Å². The number of unbranched alkanes of at least 4 members (excludes halogenated alkanes) is 2. The van der Waals surface area contributed by atoms with E-state index in [9.17, 15) is 78.3 Å². The van der Waals surface area contributed by atoms with Gasteiger partial charge in [-0.2, -0.15) is 0 Å². The minimum absolute atomic E-state index is 0.00576. The number of aromatic hydroxyl groups is 1. The highest BCUT2D eigenvalue weighted by Crippen LogP contribution is 2.22. The van der Waals surface area contributed by atoms with Crippen molar-refractivity contribution in [1.29, 1.82) is 0 Å². The number of carbonyl (C=O) groups is 11. The van der Waals surface area contributed by atoms with Gasteiger partial charge in [-0.1, -0.05) is 26.0 Å². The Kier molecular flexibility index (Phi) is 33.7. The quantitative estimate of drug-likeness (QED) is 0.0165. The second-order valence-electron chi connectivity index (χ2n) is 21.1. The summed E-state index contributed by atoms with van der Waals surface area (Å²) in [5, 5.41) is 68.7. The summed E-state index contributed by atoms with van der Waals surface area (Å²) in [5.74, 6) is -12.7. The van der Waals surface area contributed by atoms with E-state index in [0.717, 1.165) is 0 Å². The molecule has 488 valence electrons. The van der Waals surface area contributed by atoms with Gasteiger partial charge >= 0.3 is 11.9 Å². The van der Waals surface area contributed by atoms with Crippen LogP contribution in [-0.4, -0.2) is 214 Å². The van der Waals surface area contributed by atoms with E-state index in [-0.39, 0.29) is 121 Å². The number of aliphatic hydroxyl groups is 2. The molecule has 10 atom stereocenters. The fourth-order valence-electron chi connectivity index (χ4n) is 8.97. The number of hydrogen-bond donors (Lipinski definition) is 20. The molecule has 0 unspecified atom stereocenters. The molecule has 27 N–H and O–H groups in total. The van der Waals surface area contributed by atoms with E-state index < -0.39 is 151 Å². The largest absolute Gasteiger partial charge is 0.508 e. The highest BCUT2D eigenvalue weighted by Gasteiger charge is 2.41. The lowest BCUT2D eigenvalue weighted by Crippen LogP contribution is -2.61. The second kappa shape index (κ2) is 39.3. The summed E-state index contributed by atoms with van der Waals surface area (Å²) in [5.41, 5.74) is 39.2. The SMILES string of the molecule is CC(C)[C@H](NC(=O)[C@H](CCCCN)NC(=O)[C@H](CCCN=C(N)N)NC(=O)[C@H](CCCCN)NC(=O)[C@H](CC(=O)O)NC(=O)[C@@H](N)CO)C(=O)N[C@@H](Cc1ccc(O)cc1)C(=O)N1CCC[C@H]1C(=O)N[C@@H](CO)C(=O)N[C@@H](CCCN=C(N)N)C(=O)O. The Bertz CT molecular complexity index is 2520. The van der Waals surface area contributed by atoms with E-state index in [2.05, 4.69) is 52.5 Å². The fourth-order valence-corrected chi connectivity index (χ4v) is 8.97. The first-order valence-corrected chi connectivity index (χ1v) is 28.6. The molecule has 1 aromatic rings. The van der Waals surface area contributed by atoms with E-state index in [1.165, 1.54) is 29.2 Å². The number of carboxylic acid groups (broad SMARTS) is 2. The maximum atomic E-state index is 14.7. The molecule has 0 radical (unpaired) electrons. The number of amides is 9. The number of phenols is 1. The molecular formula is C53H90N18O16. The van der Waals surface area contributed by atoms with Gasteiger partial charge in [-0.25, -0.2) is 4.79 Å². The topological polar surface area (TPSA) is 595 Å². The molecule has 0 bridgehead atoms. The number of benzene rings is 1. The molecular weight excluding hydrogens is 1140 g/mol. The van der Waals surface area contributed by atoms with E-state index in [0.29, 0.717) is 18.4 Å². The highest BCUT2D eigenvalue weighted by molar-refractivity contribution is 5.99. The number of aliphatic hydroxyl groups excluding tert-OH is 2. The molecule has 0 aromatic heterocycles. The first kappa shape index (κ1) is 74.6. The number of aliphatic carboxylic acids is 2. The van der Waals surface area contributed by atoms with Crippen LogP contribution in [-0.2, 0) is 59.2 Å². The van der Waals surface area contributed by atoms with E-state index >= 15 is 0 Å². The molecule has 0 spiro atoms. The number of guanidine groups is 2. The average Bonchev–Trinajstić information content (AvgIpc) is 2.26. The van der Waals surface area contributed by atoms with Crippen LogP contribution in [0.5, 0.6) is 5.75 Å². The van der Waals surface area contributed by atoms with E-state index in [4.69, 9.17) is 40.1 Å². The maximum absolute atomic E-state index is 14.7. The highest BCUT2D eigenvalue weighted by atomic mass is 16.4. The van der Waals surface area contributed by atoms with Gasteiger partial charge < -0.3 is 113 Å².